The van der Waals surface area contributed by atoms with Crippen molar-refractivity contribution < 1.29 is 34.4 Å². The largest absolute Gasteiger partial charge is 0.504 e. The fourth-order valence-electron chi connectivity index (χ4n) is 3.67. The van der Waals surface area contributed by atoms with Crippen molar-refractivity contribution in [2.75, 3.05) is 7.11 Å². The van der Waals surface area contributed by atoms with Crippen LogP contribution in [-0.4, -0.2) is 34.2 Å². The first-order valence-corrected chi connectivity index (χ1v) is 8.49. The molecule has 1 aliphatic carbocycles. The predicted octanol–water partition coefficient (Wildman–Crippen LogP) is 2.93. The molecule has 2 atom stereocenters. The van der Waals surface area contributed by atoms with Crippen LogP contribution in [0.3, 0.4) is 0 Å². The Morgan fingerprint density at radius 1 is 1.07 bits per heavy atom. The van der Waals surface area contributed by atoms with Crippen molar-refractivity contribution in [2.24, 2.45) is 5.92 Å². The van der Waals surface area contributed by atoms with Crippen LogP contribution in [0, 0.1) is 5.92 Å². The van der Waals surface area contributed by atoms with Gasteiger partial charge in [0.25, 0.3) is 0 Å². The highest BCUT2D eigenvalue weighted by atomic mass is 16.5. The highest BCUT2D eigenvalue weighted by molar-refractivity contribution is 6.03. The molecule has 0 spiro atoms. The van der Waals surface area contributed by atoms with Gasteiger partial charge in [-0.1, -0.05) is 30.3 Å². The smallest absolute Gasteiger partial charge is 0.338 e. The highest BCUT2D eigenvalue weighted by Crippen LogP contribution is 2.53. The molecule has 0 aromatic heterocycles. The summed E-state index contributed by atoms with van der Waals surface area (Å²) in [5.74, 6) is -3.98. The second kappa shape index (κ2) is 6.45. The number of fused-ring (bicyclic) bond motifs is 2. The van der Waals surface area contributed by atoms with E-state index in [1.807, 2.05) is 0 Å². The molecular formula is C21H16O7. The molecule has 2 aliphatic rings. The normalized spacial score (nSPS) is 20.2. The third kappa shape index (κ3) is 2.51. The fourth-order valence-corrected chi connectivity index (χ4v) is 3.67. The van der Waals surface area contributed by atoms with Gasteiger partial charge in [-0.2, -0.15) is 0 Å². The zero-order chi connectivity index (χ0) is 20.0. The number of phenolic OH excluding ortho intramolecular Hbond substituents is 2. The zero-order valence-corrected chi connectivity index (χ0v) is 14.7. The van der Waals surface area contributed by atoms with E-state index < -0.39 is 40.8 Å². The summed E-state index contributed by atoms with van der Waals surface area (Å²) in [4.78, 5) is 24.2. The maximum Gasteiger partial charge on any atom is 0.338 e. The fraction of sp³-hybridized carbons (Fsp3) is 0.143. The molecule has 7 nitrogen and oxygen atoms in total. The van der Waals surface area contributed by atoms with E-state index in [4.69, 9.17) is 9.47 Å². The number of aromatic hydroxyl groups is 2. The number of ether oxygens (including phenoxy) is 2. The van der Waals surface area contributed by atoms with Gasteiger partial charge in [-0.05, 0) is 23.8 Å². The molecule has 2 aromatic rings. The molecule has 2 aromatic carbocycles. The number of benzene rings is 2. The number of methoxy groups -OCH3 is 1. The number of aliphatic hydroxyl groups excluding tert-OH is 1. The van der Waals surface area contributed by atoms with Gasteiger partial charge in [0.1, 0.15) is 0 Å². The van der Waals surface area contributed by atoms with Crippen molar-refractivity contribution in [3.63, 3.8) is 0 Å². The first kappa shape index (κ1) is 17.7. The predicted molar refractivity (Wildman–Crippen MR) is 97.3 cm³/mol. The van der Waals surface area contributed by atoms with E-state index >= 15 is 0 Å². The first-order chi connectivity index (χ1) is 13.4. The number of allylic oxidation sites excluding steroid dienone is 2. The Bertz CT molecular complexity index is 1060. The number of phenols is 2. The average Bonchev–Trinajstić information content (AvgIpc) is 2.72. The summed E-state index contributed by atoms with van der Waals surface area (Å²) in [6, 6.07) is 9.67. The SMILES string of the molecule is COC(=O)c1ccccc1C1c2ccc(O)c(O)c2OC2=C(O)C(=O)C=CC21. The summed E-state index contributed by atoms with van der Waals surface area (Å²) in [6.45, 7) is 0. The number of esters is 1. The van der Waals surface area contributed by atoms with Crippen molar-refractivity contribution >= 4 is 11.8 Å². The highest BCUT2D eigenvalue weighted by Gasteiger charge is 2.42. The Hall–Kier alpha value is -3.74. The second-order valence-corrected chi connectivity index (χ2v) is 6.47. The topological polar surface area (TPSA) is 113 Å². The number of ketones is 1. The molecule has 28 heavy (non-hydrogen) atoms. The molecule has 2 unspecified atom stereocenters. The molecule has 7 heteroatoms. The van der Waals surface area contributed by atoms with Gasteiger partial charge in [0.2, 0.25) is 17.3 Å². The Morgan fingerprint density at radius 3 is 2.57 bits per heavy atom. The van der Waals surface area contributed by atoms with Crippen LogP contribution in [-0.2, 0) is 9.53 Å². The van der Waals surface area contributed by atoms with Crippen LogP contribution in [0.1, 0.15) is 27.4 Å². The average molecular weight is 380 g/mol. The summed E-state index contributed by atoms with van der Waals surface area (Å²) < 4.78 is 10.5. The second-order valence-electron chi connectivity index (χ2n) is 6.47. The van der Waals surface area contributed by atoms with Gasteiger partial charge >= 0.3 is 5.97 Å². The van der Waals surface area contributed by atoms with Crippen LogP contribution in [0.4, 0.5) is 0 Å². The Balaban J connectivity index is 2.02. The minimum Gasteiger partial charge on any atom is -0.504 e. The third-order valence-corrected chi connectivity index (χ3v) is 4.97. The Morgan fingerprint density at radius 2 is 1.82 bits per heavy atom. The number of aliphatic hydroxyl groups is 1. The van der Waals surface area contributed by atoms with Crippen molar-refractivity contribution in [1.29, 1.82) is 0 Å². The number of carbonyl (C=O) groups is 2. The van der Waals surface area contributed by atoms with Crippen LogP contribution in [0.15, 0.2) is 60.1 Å². The summed E-state index contributed by atoms with van der Waals surface area (Å²) in [5.41, 5.74) is 1.37. The minimum absolute atomic E-state index is 0.0504. The summed E-state index contributed by atoms with van der Waals surface area (Å²) in [6.07, 6.45) is 2.83. The lowest BCUT2D eigenvalue weighted by Gasteiger charge is -2.36. The Kier molecular flexibility index (Phi) is 4.07. The van der Waals surface area contributed by atoms with Crippen molar-refractivity contribution in [2.45, 2.75) is 5.92 Å². The standard InChI is InChI=1S/C21H16O7/c1-27-21(26)11-5-3-2-4-10(11)16-12-6-8-14(22)17(24)19(12)28-20-13(16)7-9-15(23)18(20)25/h2-9,12,16,23-25H,1H3. The van der Waals surface area contributed by atoms with Crippen LogP contribution < -0.4 is 4.74 Å². The number of rotatable bonds is 2. The monoisotopic (exact) mass is 380 g/mol. The Labute approximate surface area is 159 Å². The molecule has 1 aliphatic heterocycles. The van der Waals surface area contributed by atoms with Crippen molar-refractivity contribution in [3.8, 4) is 17.2 Å². The maximum absolute atomic E-state index is 12.3. The van der Waals surface area contributed by atoms with Crippen LogP contribution in [0.25, 0.3) is 0 Å². The van der Waals surface area contributed by atoms with E-state index in [2.05, 4.69) is 0 Å². The lowest BCUT2D eigenvalue weighted by atomic mass is 9.74. The van der Waals surface area contributed by atoms with E-state index in [1.165, 1.54) is 19.3 Å². The molecule has 3 N–H and O–H groups in total. The molecule has 0 fully saturated rings. The lowest BCUT2D eigenvalue weighted by molar-refractivity contribution is -0.114. The molecule has 0 amide bonds. The zero-order valence-electron chi connectivity index (χ0n) is 14.7. The van der Waals surface area contributed by atoms with E-state index in [0.717, 1.165) is 0 Å². The van der Waals surface area contributed by atoms with Gasteiger partial charge < -0.3 is 24.8 Å². The molecule has 0 radical (unpaired) electrons. The summed E-state index contributed by atoms with van der Waals surface area (Å²) >= 11 is 0. The van der Waals surface area contributed by atoms with Gasteiger partial charge in [0, 0.05) is 11.5 Å². The van der Waals surface area contributed by atoms with Gasteiger partial charge in [0.15, 0.2) is 17.3 Å². The molecule has 1 heterocycles. The number of hydrogen-bond acceptors (Lipinski definition) is 7. The quantitative estimate of drug-likeness (QED) is 0.542. The molecule has 4 rings (SSSR count). The van der Waals surface area contributed by atoms with E-state index in [9.17, 15) is 24.9 Å². The molecular weight excluding hydrogens is 364 g/mol. The van der Waals surface area contributed by atoms with Gasteiger partial charge in [0.05, 0.1) is 18.6 Å². The maximum atomic E-state index is 12.3. The van der Waals surface area contributed by atoms with Crippen LogP contribution >= 0.6 is 0 Å². The van der Waals surface area contributed by atoms with Gasteiger partial charge in [-0.3, -0.25) is 4.79 Å². The summed E-state index contributed by atoms with van der Waals surface area (Å²) in [7, 11) is 1.28. The molecule has 142 valence electrons. The van der Waals surface area contributed by atoms with Gasteiger partial charge in [-0.25, -0.2) is 4.79 Å². The molecule has 0 saturated heterocycles. The number of carbonyl (C=O) groups excluding carboxylic acids is 2. The third-order valence-electron chi connectivity index (χ3n) is 4.97. The van der Waals surface area contributed by atoms with Crippen LogP contribution in [0.5, 0.6) is 17.2 Å². The van der Waals surface area contributed by atoms with Crippen molar-refractivity contribution in [3.05, 3.63) is 76.8 Å². The molecule has 0 saturated carbocycles. The molecule has 0 bridgehead atoms. The van der Waals surface area contributed by atoms with E-state index in [1.54, 1.807) is 36.4 Å². The lowest BCUT2D eigenvalue weighted by Crippen LogP contribution is -2.30. The first-order valence-electron chi connectivity index (χ1n) is 8.49. The van der Waals surface area contributed by atoms with E-state index in [0.29, 0.717) is 16.7 Å². The van der Waals surface area contributed by atoms with Gasteiger partial charge in [-0.15, -0.1) is 0 Å². The van der Waals surface area contributed by atoms with Crippen LogP contribution in [0.2, 0.25) is 0 Å². The summed E-state index contributed by atoms with van der Waals surface area (Å²) in [5, 5.41) is 30.4. The minimum atomic E-state index is -0.630. The number of hydrogen-bond donors (Lipinski definition) is 3. The van der Waals surface area contributed by atoms with E-state index in [-0.39, 0.29) is 11.5 Å². The van der Waals surface area contributed by atoms with Crippen molar-refractivity contribution in [1.82, 2.24) is 0 Å².